The molecule has 196 valence electrons. The maximum Gasteiger partial charge on any atom is 0.264 e. The molecule has 0 radical (unpaired) electrons. The normalized spacial score (nSPS) is 12.0. The van der Waals surface area contributed by atoms with Gasteiger partial charge in [-0.25, -0.2) is 8.42 Å². The van der Waals surface area contributed by atoms with Gasteiger partial charge in [-0.1, -0.05) is 78.7 Å². The molecule has 0 fully saturated rings. The number of nitrogens with zero attached hydrogens (tertiary/aromatic N) is 2. The summed E-state index contributed by atoms with van der Waals surface area (Å²) in [6.45, 7) is 3.41. The van der Waals surface area contributed by atoms with Crippen molar-refractivity contribution in [3.63, 3.8) is 0 Å². The second-order valence-corrected chi connectivity index (χ2v) is 10.9. The Labute approximate surface area is 224 Å². The van der Waals surface area contributed by atoms with E-state index in [1.807, 2.05) is 44.2 Å². The molecular weight excluding hydrogens is 510 g/mol. The van der Waals surface area contributed by atoms with E-state index in [2.05, 4.69) is 5.32 Å². The molecule has 0 bridgehead atoms. The molecule has 3 rings (SSSR count). The van der Waals surface area contributed by atoms with Crippen molar-refractivity contribution in [2.75, 3.05) is 24.4 Å². The van der Waals surface area contributed by atoms with Crippen LogP contribution in [0.25, 0.3) is 0 Å². The van der Waals surface area contributed by atoms with Gasteiger partial charge in [-0.2, -0.15) is 0 Å². The van der Waals surface area contributed by atoms with E-state index in [9.17, 15) is 18.0 Å². The molecule has 0 unspecified atom stereocenters. The Bertz CT molecular complexity index is 1310. The summed E-state index contributed by atoms with van der Waals surface area (Å²) in [7, 11) is -2.63. The van der Waals surface area contributed by atoms with Crippen LogP contribution >= 0.6 is 11.6 Å². The van der Waals surface area contributed by atoms with Crippen LogP contribution < -0.4 is 9.62 Å². The summed E-state index contributed by atoms with van der Waals surface area (Å²) in [4.78, 5) is 28.0. The van der Waals surface area contributed by atoms with Crippen LogP contribution in [0.2, 0.25) is 5.02 Å². The summed E-state index contributed by atoms with van der Waals surface area (Å²) in [5, 5.41) is 2.81. The Morgan fingerprint density at radius 1 is 0.946 bits per heavy atom. The van der Waals surface area contributed by atoms with Crippen molar-refractivity contribution in [2.45, 2.75) is 37.6 Å². The minimum absolute atomic E-state index is 0.0417. The summed E-state index contributed by atoms with van der Waals surface area (Å²) in [6, 6.07) is 21.8. The first-order valence-electron chi connectivity index (χ1n) is 12.1. The number of aryl methyl sites for hydroxylation is 1. The summed E-state index contributed by atoms with van der Waals surface area (Å²) in [6.07, 6.45) is 0.883. The average molecular weight is 542 g/mol. The Balaban J connectivity index is 2.01. The predicted molar refractivity (Wildman–Crippen MR) is 147 cm³/mol. The maximum atomic E-state index is 13.8. The quantitative estimate of drug-likeness (QED) is 0.389. The highest BCUT2D eigenvalue weighted by atomic mass is 35.5. The molecule has 0 spiro atoms. The Morgan fingerprint density at radius 2 is 1.57 bits per heavy atom. The monoisotopic (exact) mass is 541 g/mol. The van der Waals surface area contributed by atoms with Crippen LogP contribution in [0.4, 0.5) is 5.69 Å². The zero-order valence-corrected chi connectivity index (χ0v) is 22.8. The van der Waals surface area contributed by atoms with Crippen LogP contribution in [0.15, 0.2) is 83.8 Å². The first-order valence-corrected chi connectivity index (χ1v) is 13.9. The molecule has 0 aromatic heterocycles. The van der Waals surface area contributed by atoms with Gasteiger partial charge < -0.3 is 10.2 Å². The van der Waals surface area contributed by atoms with Crippen molar-refractivity contribution < 1.29 is 18.0 Å². The van der Waals surface area contributed by atoms with Crippen molar-refractivity contribution in [1.29, 1.82) is 0 Å². The summed E-state index contributed by atoms with van der Waals surface area (Å²) >= 11 is 6.41. The van der Waals surface area contributed by atoms with E-state index in [0.29, 0.717) is 12.8 Å². The minimum Gasteiger partial charge on any atom is -0.357 e. The number of benzene rings is 3. The Morgan fingerprint density at radius 3 is 2.16 bits per heavy atom. The molecule has 3 aromatic carbocycles. The fourth-order valence-corrected chi connectivity index (χ4v) is 5.79. The van der Waals surface area contributed by atoms with Gasteiger partial charge in [0.2, 0.25) is 11.8 Å². The first-order chi connectivity index (χ1) is 17.7. The number of anilines is 1. The summed E-state index contributed by atoms with van der Waals surface area (Å²) in [5.74, 6) is -0.809. The predicted octanol–water partition coefficient (Wildman–Crippen LogP) is 4.44. The van der Waals surface area contributed by atoms with Crippen molar-refractivity contribution in [3.8, 4) is 0 Å². The van der Waals surface area contributed by atoms with Crippen LogP contribution in [0, 0.1) is 6.92 Å². The van der Waals surface area contributed by atoms with E-state index in [-0.39, 0.29) is 28.1 Å². The van der Waals surface area contributed by atoms with Crippen molar-refractivity contribution in [1.82, 2.24) is 10.2 Å². The molecule has 3 aromatic rings. The number of rotatable bonds is 11. The Hall–Kier alpha value is -3.36. The molecule has 0 aliphatic rings. The molecule has 0 saturated carbocycles. The van der Waals surface area contributed by atoms with Gasteiger partial charge in [0.1, 0.15) is 12.6 Å². The molecular formula is C28H32ClN3O4S. The van der Waals surface area contributed by atoms with Gasteiger partial charge in [-0.15, -0.1) is 0 Å². The van der Waals surface area contributed by atoms with E-state index in [4.69, 9.17) is 11.6 Å². The fraction of sp³-hybridized carbons (Fsp3) is 0.286. The van der Waals surface area contributed by atoms with Gasteiger partial charge in [-0.05, 0) is 49.6 Å². The maximum absolute atomic E-state index is 13.8. The van der Waals surface area contributed by atoms with Gasteiger partial charge in [0, 0.05) is 13.6 Å². The molecule has 0 saturated heterocycles. The van der Waals surface area contributed by atoms with Gasteiger partial charge in [0.25, 0.3) is 10.0 Å². The lowest BCUT2D eigenvalue weighted by Crippen LogP contribution is -2.52. The minimum atomic E-state index is -4.15. The number of carbonyl (C=O) groups is 2. The number of halogens is 1. The fourth-order valence-electron chi connectivity index (χ4n) is 4.07. The summed E-state index contributed by atoms with van der Waals surface area (Å²) in [5.41, 5.74) is 2.10. The second-order valence-electron chi connectivity index (χ2n) is 8.64. The smallest absolute Gasteiger partial charge is 0.264 e. The van der Waals surface area contributed by atoms with Gasteiger partial charge >= 0.3 is 0 Å². The van der Waals surface area contributed by atoms with Gasteiger partial charge in [-0.3, -0.25) is 13.9 Å². The van der Waals surface area contributed by atoms with Crippen LogP contribution in [-0.2, 0) is 26.0 Å². The van der Waals surface area contributed by atoms with E-state index >= 15 is 0 Å². The highest BCUT2D eigenvalue weighted by Gasteiger charge is 2.33. The third-order valence-electron chi connectivity index (χ3n) is 6.13. The number of sulfonamides is 1. The third-order valence-corrected chi connectivity index (χ3v) is 8.22. The molecule has 9 heteroatoms. The van der Waals surface area contributed by atoms with Crippen LogP contribution in [-0.4, -0.2) is 51.3 Å². The highest BCUT2D eigenvalue weighted by molar-refractivity contribution is 7.92. The van der Waals surface area contributed by atoms with Crippen molar-refractivity contribution in [3.05, 3.63) is 95.0 Å². The summed E-state index contributed by atoms with van der Waals surface area (Å²) < 4.78 is 28.6. The van der Waals surface area contributed by atoms with Gasteiger partial charge in [0.05, 0.1) is 15.6 Å². The molecule has 1 atom stereocenters. The SMILES string of the molecule is CC[C@H](C(=O)NC)N(CCc1ccccc1)C(=O)CN(c1ccccc1Cl)S(=O)(=O)c1ccc(C)cc1. The van der Waals surface area contributed by atoms with Crippen molar-refractivity contribution in [2.24, 2.45) is 0 Å². The zero-order valence-electron chi connectivity index (χ0n) is 21.2. The molecule has 0 aliphatic heterocycles. The van der Waals surface area contributed by atoms with E-state index in [1.54, 1.807) is 36.4 Å². The lowest BCUT2D eigenvalue weighted by molar-refractivity contribution is -0.139. The molecule has 7 nitrogen and oxygen atoms in total. The number of hydrogen-bond donors (Lipinski definition) is 1. The molecule has 37 heavy (non-hydrogen) atoms. The largest absolute Gasteiger partial charge is 0.357 e. The van der Waals surface area contributed by atoms with Crippen LogP contribution in [0.5, 0.6) is 0 Å². The number of nitrogens with one attached hydrogen (secondary N) is 1. The van der Waals surface area contributed by atoms with Crippen LogP contribution in [0.1, 0.15) is 24.5 Å². The lowest BCUT2D eigenvalue weighted by Gasteiger charge is -2.33. The number of carbonyl (C=O) groups excluding carboxylic acids is 2. The first kappa shape index (κ1) is 28.2. The molecule has 0 aliphatic carbocycles. The molecule has 0 heterocycles. The lowest BCUT2D eigenvalue weighted by atomic mass is 10.1. The Kier molecular flexibility index (Phi) is 9.72. The van der Waals surface area contributed by atoms with E-state index in [1.165, 1.54) is 24.1 Å². The highest BCUT2D eigenvalue weighted by Crippen LogP contribution is 2.30. The number of para-hydroxylation sites is 1. The van der Waals surface area contributed by atoms with Gasteiger partial charge in [0.15, 0.2) is 0 Å². The van der Waals surface area contributed by atoms with E-state index < -0.39 is 28.5 Å². The molecule has 1 N–H and O–H groups in total. The molecule has 2 amide bonds. The standard InChI is InChI=1S/C28H32ClN3O4S/c1-4-25(28(34)30-3)31(19-18-22-10-6-5-7-11-22)27(33)20-32(26-13-9-8-12-24(26)29)37(35,36)23-16-14-21(2)15-17-23/h5-17,25H,4,18-20H2,1-3H3,(H,30,34)/t25-/m1/s1. The number of amides is 2. The van der Waals surface area contributed by atoms with Crippen LogP contribution in [0.3, 0.4) is 0 Å². The third kappa shape index (κ3) is 6.90. The average Bonchev–Trinajstić information content (AvgIpc) is 2.90. The number of likely N-dealkylation sites (N-methyl/N-ethyl adjacent to an activating group) is 1. The van der Waals surface area contributed by atoms with E-state index in [0.717, 1.165) is 15.4 Å². The number of hydrogen-bond acceptors (Lipinski definition) is 4. The zero-order chi connectivity index (χ0) is 27.0. The second kappa shape index (κ2) is 12.7. The topological polar surface area (TPSA) is 86.8 Å². The van der Waals surface area contributed by atoms with Crippen molar-refractivity contribution >= 4 is 39.1 Å².